The van der Waals surface area contributed by atoms with E-state index in [1.54, 1.807) is 0 Å². The van der Waals surface area contributed by atoms with E-state index in [1.807, 2.05) is 50.6 Å². The molecule has 2 rings (SSSR count). The number of likely N-dealkylation sites (N-methyl/N-ethyl adjacent to an activating group) is 1. The third kappa shape index (κ3) is 2.49. The minimum atomic E-state index is 0.219. The van der Waals surface area contributed by atoms with Crippen molar-refractivity contribution in [1.82, 2.24) is 10.3 Å². The van der Waals surface area contributed by atoms with Gasteiger partial charge in [0.15, 0.2) is 0 Å². The fourth-order valence-corrected chi connectivity index (χ4v) is 1.74. The van der Waals surface area contributed by atoms with Gasteiger partial charge in [-0.1, -0.05) is 0 Å². The quantitative estimate of drug-likeness (QED) is 0.853. The molecule has 3 nitrogen and oxygen atoms in total. The highest BCUT2D eigenvalue weighted by atomic mass is 16.3. The van der Waals surface area contributed by atoms with E-state index in [9.17, 15) is 0 Å². The first-order valence-electron chi connectivity index (χ1n) is 5.42. The lowest BCUT2D eigenvalue weighted by Crippen LogP contribution is -2.18. The third-order valence-electron chi connectivity index (χ3n) is 2.64. The lowest BCUT2D eigenvalue weighted by molar-refractivity contribution is 0.414. The highest BCUT2D eigenvalue weighted by Crippen LogP contribution is 2.19. The van der Waals surface area contributed by atoms with Gasteiger partial charge in [-0.05, 0) is 50.2 Å². The van der Waals surface area contributed by atoms with E-state index in [-0.39, 0.29) is 6.04 Å². The summed E-state index contributed by atoms with van der Waals surface area (Å²) in [5, 5.41) is 3.27. The van der Waals surface area contributed by atoms with Crippen LogP contribution in [0.25, 0.3) is 0 Å². The van der Waals surface area contributed by atoms with Crippen molar-refractivity contribution in [2.75, 3.05) is 7.05 Å². The van der Waals surface area contributed by atoms with E-state index in [1.165, 1.54) is 5.56 Å². The second kappa shape index (κ2) is 4.94. The van der Waals surface area contributed by atoms with Crippen molar-refractivity contribution in [3.05, 3.63) is 53.7 Å². The topological polar surface area (TPSA) is 38.1 Å². The molecule has 0 aliphatic heterocycles. The Morgan fingerprint density at radius 1 is 1.25 bits per heavy atom. The van der Waals surface area contributed by atoms with Gasteiger partial charge in [-0.3, -0.25) is 4.98 Å². The van der Waals surface area contributed by atoms with Crippen LogP contribution in [-0.2, 0) is 6.42 Å². The number of rotatable bonds is 4. The Morgan fingerprint density at radius 2 is 2.00 bits per heavy atom. The average molecular weight is 216 g/mol. The normalized spacial score (nSPS) is 12.6. The van der Waals surface area contributed by atoms with Gasteiger partial charge in [0.1, 0.15) is 11.5 Å². The van der Waals surface area contributed by atoms with Crippen LogP contribution in [-0.4, -0.2) is 12.0 Å². The molecule has 0 aliphatic rings. The predicted molar refractivity (Wildman–Crippen MR) is 63.2 cm³/mol. The maximum absolute atomic E-state index is 5.63. The fraction of sp³-hybridized carbons (Fsp3) is 0.308. The molecule has 0 saturated heterocycles. The van der Waals surface area contributed by atoms with Crippen molar-refractivity contribution in [3.63, 3.8) is 0 Å². The first-order chi connectivity index (χ1) is 7.79. The van der Waals surface area contributed by atoms with Crippen LogP contribution in [0.5, 0.6) is 0 Å². The molecule has 1 unspecified atom stereocenters. The molecular weight excluding hydrogens is 200 g/mol. The largest absolute Gasteiger partial charge is 0.465 e. The molecule has 1 atom stereocenters. The second-order valence-electron chi connectivity index (χ2n) is 3.85. The van der Waals surface area contributed by atoms with Gasteiger partial charge in [-0.15, -0.1) is 0 Å². The molecule has 0 saturated carbocycles. The summed E-state index contributed by atoms with van der Waals surface area (Å²) >= 11 is 0. The molecule has 2 heterocycles. The van der Waals surface area contributed by atoms with Crippen molar-refractivity contribution < 1.29 is 4.42 Å². The summed E-state index contributed by atoms with van der Waals surface area (Å²) in [6.45, 7) is 1.96. The van der Waals surface area contributed by atoms with Crippen LogP contribution in [0.3, 0.4) is 0 Å². The number of hydrogen-bond acceptors (Lipinski definition) is 3. The molecular formula is C13H16N2O. The Kier molecular flexibility index (Phi) is 3.37. The van der Waals surface area contributed by atoms with Crippen LogP contribution in [0.1, 0.15) is 23.1 Å². The molecule has 0 amide bonds. The second-order valence-corrected chi connectivity index (χ2v) is 3.85. The van der Waals surface area contributed by atoms with Crippen LogP contribution < -0.4 is 5.32 Å². The zero-order valence-corrected chi connectivity index (χ0v) is 9.60. The van der Waals surface area contributed by atoms with Gasteiger partial charge in [0.25, 0.3) is 0 Å². The molecule has 0 radical (unpaired) electrons. The number of pyridine rings is 1. The van der Waals surface area contributed by atoms with Crippen LogP contribution in [0.15, 0.2) is 41.1 Å². The van der Waals surface area contributed by atoms with Crippen LogP contribution in [0, 0.1) is 6.92 Å². The number of hydrogen-bond donors (Lipinski definition) is 1. The molecule has 0 aromatic carbocycles. The summed E-state index contributed by atoms with van der Waals surface area (Å²) in [6.07, 6.45) is 4.54. The van der Waals surface area contributed by atoms with Crippen molar-refractivity contribution >= 4 is 0 Å². The first-order valence-corrected chi connectivity index (χ1v) is 5.42. The van der Waals surface area contributed by atoms with E-state index in [0.29, 0.717) is 0 Å². The maximum Gasteiger partial charge on any atom is 0.121 e. The number of nitrogens with zero attached hydrogens (tertiary/aromatic N) is 1. The molecule has 84 valence electrons. The highest BCUT2D eigenvalue weighted by Gasteiger charge is 2.13. The average Bonchev–Trinajstić information content (AvgIpc) is 2.74. The summed E-state index contributed by atoms with van der Waals surface area (Å²) in [5.41, 5.74) is 1.25. The van der Waals surface area contributed by atoms with E-state index in [0.717, 1.165) is 17.9 Å². The minimum absolute atomic E-state index is 0.219. The summed E-state index contributed by atoms with van der Waals surface area (Å²) in [5.74, 6) is 1.93. The van der Waals surface area contributed by atoms with Gasteiger partial charge >= 0.3 is 0 Å². The summed E-state index contributed by atoms with van der Waals surface area (Å²) in [4.78, 5) is 4.01. The van der Waals surface area contributed by atoms with Gasteiger partial charge in [-0.25, -0.2) is 0 Å². The van der Waals surface area contributed by atoms with Gasteiger partial charge in [-0.2, -0.15) is 0 Å². The number of nitrogens with one attached hydrogen (secondary N) is 1. The monoisotopic (exact) mass is 216 g/mol. The molecule has 3 heteroatoms. The predicted octanol–water partition coefficient (Wildman–Crippen LogP) is 2.49. The SMILES string of the molecule is CNC(Cc1ccncc1)c1ccc(C)o1. The number of aromatic nitrogens is 1. The molecule has 0 aliphatic carbocycles. The van der Waals surface area contributed by atoms with Gasteiger partial charge in [0.2, 0.25) is 0 Å². The van der Waals surface area contributed by atoms with Crippen molar-refractivity contribution in [2.24, 2.45) is 0 Å². The lowest BCUT2D eigenvalue weighted by Gasteiger charge is -2.13. The Labute approximate surface area is 95.5 Å². The lowest BCUT2D eigenvalue weighted by atomic mass is 10.1. The number of aryl methyl sites for hydroxylation is 1. The molecule has 2 aromatic rings. The molecule has 2 aromatic heterocycles. The zero-order valence-electron chi connectivity index (χ0n) is 9.60. The highest BCUT2D eigenvalue weighted by molar-refractivity contribution is 5.16. The van der Waals surface area contributed by atoms with E-state index in [2.05, 4.69) is 10.3 Å². The standard InChI is InChI=1S/C13H16N2O/c1-10-3-4-13(16-10)12(14-2)9-11-5-7-15-8-6-11/h3-8,12,14H,9H2,1-2H3. The number of furan rings is 1. The fourth-order valence-electron chi connectivity index (χ4n) is 1.74. The Bertz CT molecular complexity index is 436. The molecule has 0 bridgehead atoms. The third-order valence-corrected chi connectivity index (χ3v) is 2.64. The van der Waals surface area contributed by atoms with Crippen molar-refractivity contribution in [2.45, 2.75) is 19.4 Å². The minimum Gasteiger partial charge on any atom is -0.465 e. The maximum atomic E-state index is 5.63. The summed E-state index contributed by atoms with van der Waals surface area (Å²) in [7, 11) is 1.95. The van der Waals surface area contributed by atoms with Crippen molar-refractivity contribution in [1.29, 1.82) is 0 Å². The van der Waals surface area contributed by atoms with Crippen LogP contribution >= 0.6 is 0 Å². The molecule has 0 fully saturated rings. The first kappa shape index (κ1) is 10.9. The van der Waals surface area contributed by atoms with Crippen LogP contribution in [0.4, 0.5) is 0 Å². The Hall–Kier alpha value is -1.61. The smallest absolute Gasteiger partial charge is 0.121 e. The molecule has 1 N–H and O–H groups in total. The molecule has 16 heavy (non-hydrogen) atoms. The van der Waals surface area contributed by atoms with Gasteiger partial charge in [0, 0.05) is 12.4 Å². The Balaban J connectivity index is 2.12. The van der Waals surface area contributed by atoms with Gasteiger partial charge in [0.05, 0.1) is 6.04 Å². The van der Waals surface area contributed by atoms with Crippen molar-refractivity contribution in [3.8, 4) is 0 Å². The Morgan fingerprint density at radius 3 is 2.56 bits per heavy atom. The van der Waals surface area contributed by atoms with E-state index in [4.69, 9.17) is 4.42 Å². The van der Waals surface area contributed by atoms with Crippen LogP contribution in [0.2, 0.25) is 0 Å². The zero-order chi connectivity index (χ0) is 11.4. The van der Waals surface area contributed by atoms with E-state index < -0.39 is 0 Å². The van der Waals surface area contributed by atoms with E-state index >= 15 is 0 Å². The summed E-state index contributed by atoms with van der Waals surface area (Å²) in [6, 6.07) is 8.29. The summed E-state index contributed by atoms with van der Waals surface area (Å²) < 4.78 is 5.63. The van der Waals surface area contributed by atoms with Gasteiger partial charge < -0.3 is 9.73 Å². The molecule has 0 spiro atoms.